The molecule has 25 heavy (non-hydrogen) atoms. The minimum absolute atomic E-state index is 0.316. The molecule has 0 unspecified atom stereocenters. The van der Waals surface area contributed by atoms with Crippen molar-refractivity contribution >= 4 is 51.5 Å². The van der Waals surface area contributed by atoms with E-state index in [-0.39, 0.29) is 5.91 Å². The Kier molecular flexibility index (Phi) is 5.61. The molecular formula is C17H15Cl2N2O3S-. The third-order valence-corrected chi connectivity index (χ3v) is 5.85. The van der Waals surface area contributed by atoms with E-state index in [2.05, 4.69) is 10.3 Å². The van der Waals surface area contributed by atoms with E-state index >= 15 is 0 Å². The molecule has 1 aromatic heterocycles. The second-order valence-electron chi connectivity index (χ2n) is 5.97. The predicted octanol–water partition coefficient (Wildman–Crippen LogP) is 3.61. The maximum absolute atomic E-state index is 12.5. The van der Waals surface area contributed by atoms with Crippen molar-refractivity contribution in [3.8, 4) is 11.3 Å². The molecule has 1 saturated carbocycles. The van der Waals surface area contributed by atoms with Gasteiger partial charge in [0, 0.05) is 28.7 Å². The molecule has 0 saturated heterocycles. The van der Waals surface area contributed by atoms with E-state index in [0.29, 0.717) is 33.7 Å². The summed E-state index contributed by atoms with van der Waals surface area (Å²) in [5.74, 6) is -2.78. The molecule has 5 nitrogen and oxygen atoms in total. The molecule has 8 heteroatoms. The standard InChI is InChI=1S/C17H16Cl2N2O3S/c18-12-6-5-9(7-13(12)19)14-8-25-17(20-14)21-15(22)10-3-1-2-4-11(10)16(23)24/h5-8,10-11H,1-4H2,(H,23,24)(H,20,21,22)/p-1/t10-,11+/m0/s1. The van der Waals surface area contributed by atoms with E-state index in [4.69, 9.17) is 23.2 Å². The molecule has 132 valence electrons. The second kappa shape index (κ2) is 7.72. The highest BCUT2D eigenvalue weighted by molar-refractivity contribution is 7.14. The number of halogens is 2. The fraction of sp³-hybridized carbons (Fsp3) is 0.353. The zero-order chi connectivity index (χ0) is 18.0. The molecule has 0 spiro atoms. The van der Waals surface area contributed by atoms with Gasteiger partial charge in [0.05, 0.1) is 15.7 Å². The largest absolute Gasteiger partial charge is 0.550 e. The van der Waals surface area contributed by atoms with Crippen molar-refractivity contribution in [3.63, 3.8) is 0 Å². The number of thiazole rings is 1. The Bertz CT molecular complexity index is 809. The number of nitrogens with zero attached hydrogens (tertiary/aromatic N) is 1. The van der Waals surface area contributed by atoms with Crippen LogP contribution in [0.1, 0.15) is 25.7 Å². The minimum atomic E-state index is -1.16. The predicted molar refractivity (Wildman–Crippen MR) is 96.7 cm³/mol. The Morgan fingerprint density at radius 3 is 2.56 bits per heavy atom. The quantitative estimate of drug-likeness (QED) is 0.853. The van der Waals surface area contributed by atoms with Crippen LogP contribution in [0.2, 0.25) is 10.0 Å². The number of rotatable bonds is 4. The molecule has 1 N–H and O–H groups in total. The average molecular weight is 398 g/mol. The first-order valence-electron chi connectivity index (χ1n) is 7.88. The molecule has 3 rings (SSSR count). The lowest BCUT2D eigenvalue weighted by atomic mass is 9.79. The van der Waals surface area contributed by atoms with Gasteiger partial charge >= 0.3 is 0 Å². The van der Waals surface area contributed by atoms with Crippen LogP contribution < -0.4 is 10.4 Å². The van der Waals surface area contributed by atoms with Gasteiger partial charge in [-0.3, -0.25) is 4.79 Å². The lowest BCUT2D eigenvalue weighted by molar-refractivity contribution is -0.313. The third-order valence-electron chi connectivity index (χ3n) is 4.36. The Morgan fingerprint density at radius 2 is 1.88 bits per heavy atom. The van der Waals surface area contributed by atoms with Crippen molar-refractivity contribution in [2.24, 2.45) is 11.8 Å². The highest BCUT2D eigenvalue weighted by atomic mass is 35.5. The van der Waals surface area contributed by atoms with Gasteiger partial charge in [-0.25, -0.2) is 4.98 Å². The van der Waals surface area contributed by atoms with E-state index in [1.54, 1.807) is 23.6 Å². The van der Waals surface area contributed by atoms with Crippen LogP contribution in [0.25, 0.3) is 11.3 Å². The first-order chi connectivity index (χ1) is 12.0. The lowest BCUT2D eigenvalue weighted by Crippen LogP contribution is -2.42. The number of benzene rings is 1. The van der Waals surface area contributed by atoms with E-state index in [1.807, 2.05) is 0 Å². The summed E-state index contributed by atoms with van der Waals surface area (Å²) in [5.41, 5.74) is 1.45. The number of carboxylic acid groups (broad SMARTS) is 1. The normalized spacial score (nSPS) is 20.2. The van der Waals surface area contributed by atoms with E-state index in [9.17, 15) is 14.7 Å². The van der Waals surface area contributed by atoms with Gasteiger partial charge in [-0.1, -0.05) is 42.1 Å². The summed E-state index contributed by atoms with van der Waals surface area (Å²) in [7, 11) is 0. The van der Waals surface area contributed by atoms with Gasteiger partial charge in [0.25, 0.3) is 0 Å². The number of hydrogen-bond donors (Lipinski definition) is 1. The van der Waals surface area contributed by atoms with Gasteiger partial charge in [-0.15, -0.1) is 11.3 Å². The summed E-state index contributed by atoms with van der Waals surface area (Å²) in [6, 6.07) is 5.18. The number of hydrogen-bond acceptors (Lipinski definition) is 5. The van der Waals surface area contributed by atoms with Crippen LogP contribution in [0.4, 0.5) is 5.13 Å². The number of aromatic nitrogens is 1. The SMILES string of the molecule is O=C(Nc1nc(-c2ccc(Cl)c(Cl)c2)cs1)[C@H]1CCCC[C@H]1C(=O)[O-]. The summed E-state index contributed by atoms with van der Waals surface area (Å²) in [5, 5.41) is 17.1. The number of carboxylic acids is 1. The molecule has 0 radical (unpaired) electrons. The first-order valence-corrected chi connectivity index (χ1v) is 9.52. The third kappa shape index (κ3) is 4.14. The van der Waals surface area contributed by atoms with E-state index in [1.165, 1.54) is 11.3 Å². The molecule has 1 aliphatic rings. The average Bonchev–Trinajstić information content (AvgIpc) is 3.05. The zero-order valence-electron chi connectivity index (χ0n) is 13.1. The highest BCUT2D eigenvalue weighted by Gasteiger charge is 2.32. The maximum atomic E-state index is 12.5. The van der Waals surface area contributed by atoms with Gasteiger partial charge < -0.3 is 15.2 Å². The zero-order valence-corrected chi connectivity index (χ0v) is 15.5. The molecular weight excluding hydrogens is 383 g/mol. The van der Waals surface area contributed by atoms with Gasteiger partial charge in [-0.2, -0.15) is 0 Å². The van der Waals surface area contributed by atoms with Crippen LogP contribution in [0.5, 0.6) is 0 Å². The monoisotopic (exact) mass is 397 g/mol. The summed E-state index contributed by atoms with van der Waals surface area (Å²) in [6.45, 7) is 0. The number of carbonyl (C=O) groups is 2. The molecule has 1 fully saturated rings. The number of anilines is 1. The van der Waals surface area contributed by atoms with Crippen molar-refractivity contribution in [1.29, 1.82) is 0 Å². The van der Waals surface area contributed by atoms with Crippen LogP contribution in [0, 0.1) is 11.8 Å². The van der Waals surface area contributed by atoms with Gasteiger partial charge in [-0.05, 0) is 25.0 Å². The summed E-state index contributed by atoms with van der Waals surface area (Å²) in [4.78, 5) is 28.1. The van der Waals surface area contributed by atoms with Crippen LogP contribution in [0.15, 0.2) is 23.6 Å². The molecule has 1 amide bonds. The fourth-order valence-corrected chi connectivity index (χ4v) is 4.06. The van der Waals surface area contributed by atoms with Gasteiger partial charge in [0.2, 0.25) is 5.91 Å². The number of nitrogens with one attached hydrogen (secondary N) is 1. The molecule has 1 heterocycles. The van der Waals surface area contributed by atoms with Crippen LogP contribution >= 0.6 is 34.5 Å². The highest BCUT2D eigenvalue weighted by Crippen LogP contribution is 2.33. The van der Waals surface area contributed by atoms with Crippen molar-refractivity contribution in [1.82, 2.24) is 4.98 Å². The van der Waals surface area contributed by atoms with Crippen LogP contribution in [0.3, 0.4) is 0 Å². The summed E-state index contributed by atoms with van der Waals surface area (Å²) >= 11 is 13.2. The van der Waals surface area contributed by atoms with Crippen LogP contribution in [-0.4, -0.2) is 16.9 Å². The van der Waals surface area contributed by atoms with Crippen molar-refractivity contribution < 1.29 is 14.7 Å². The molecule has 0 bridgehead atoms. The summed E-state index contributed by atoms with van der Waals surface area (Å²) < 4.78 is 0. The van der Waals surface area contributed by atoms with Crippen molar-refractivity contribution in [2.45, 2.75) is 25.7 Å². The number of amides is 1. The minimum Gasteiger partial charge on any atom is -0.550 e. The smallest absolute Gasteiger partial charge is 0.229 e. The Hall–Kier alpha value is -1.63. The first kappa shape index (κ1) is 18.2. The van der Waals surface area contributed by atoms with Crippen molar-refractivity contribution in [3.05, 3.63) is 33.6 Å². The Balaban J connectivity index is 1.73. The Labute approximate surface area is 159 Å². The van der Waals surface area contributed by atoms with E-state index < -0.39 is 17.8 Å². The lowest BCUT2D eigenvalue weighted by Gasteiger charge is -2.30. The molecule has 1 aliphatic carbocycles. The topological polar surface area (TPSA) is 82.1 Å². The van der Waals surface area contributed by atoms with Crippen molar-refractivity contribution in [2.75, 3.05) is 5.32 Å². The van der Waals surface area contributed by atoms with Gasteiger partial charge in [0.15, 0.2) is 5.13 Å². The maximum Gasteiger partial charge on any atom is 0.229 e. The number of aliphatic carboxylic acids is 1. The molecule has 2 aromatic rings. The molecule has 2 atom stereocenters. The fourth-order valence-electron chi connectivity index (χ4n) is 3.04. The molecule has 0 aliphatic heterocycles. The number of carbonyl (C=O) groups excluding carboxylic acids is 2. The van der Waals surface area contributed by atoms with Gasteiger partial charge in [0.1, 0.15) is 0 Å². The second-order valence-corrected chi connectivity index (χ2v) is 7.65. The molecule has 1 aromatic carbocycles. The summed E-state index contributed by atoms with van der Waals surface area (Å²) in [6.07, 6.45) is 2.68. The van der Waals surface area contributed by atoms with E-state index in [0.717, 1.165) is 18.4 Å². The Morgan fingerprint density at radius 1 is 1.16 bits per heavy atom. The van der Waals surface area contributed by atoms with Crippen LogP contribution in [-0.2, 0) is 9.59 Å².